The molecule has 2 atom stereocenters. The van der Waals surface area contributed by atoms with Crippen LogP contribution < -0.4 is 10.6 Å². The van der Waals surface area contributed by atoms with Gasteiger partial charge in [-0.15, -0.1) is 0 Å². The van der Waals surface area contributed by atoms with Gasteiger partial charge < -0.3 is 15.7 Å². The maximum Gasteiger partial charge on any atom is 0.227 e. The molecule has 2 rings (SSSR count). The molecule has 1 heterocycles. The monoisotopic (exact) mass is 312 g/mol. The van der Waals surface area contributed by atoms with Gasteiger partial charge in [0.05, 0.1) is 10.6 Å². The number of sulfone groups is 1. The lowest BCUT2D eigenvalue weighted by Gasteiger charge is -2.27. The number of anilines is 1. The summed E-state index contributed by atoms with van der Waals surface area (Å²) >= 11 is 0. The number of rotatable bonds is 3. The summed E-state index contributed by atoms with van der Waals surface area (Å²) in [6.45, 7) is 2.79. The summed E-state index contributed by atoms with van der Waals surface area (Å²) in [6, 6.07) is 4.14. The zero-order chi connectivity index (χ0) is 15.6. The lowest BCUT2D eigenvalue weighted by atomic mass is 9.92. The standard InChI is InChI=1S/C14H20N2O4S/c1-9-7-10(5-6-15-9)14(18)16-12-8-11(21(2,19)20)3-4-13(12)17/h3-4,8-10,15,17H,5-7H2,1-2H3,(H,16,18). The van der Waals surface area contributed by atoms with Crippen molar-refractivity contribution in [1.29, 1.82) is 0 Å². The fourth-order valence-electron chi connectivity index (χ4n) is 2.45. The highest BCUT2D eigenvalue weighted by atomic mass is 32.2. The van der Waals surface area contributed by atoms with Gasteiger partial charge in [-0.05, 0) is 44.5 Å². The largest absolute Gasteiger partial charge is 0.506 e. The Balaban J connectivity index is 2.17. The number of piperidine rings is 1. The van der Waals surface area contributed by atoms with Crippen molar-refractivity contribution in [2.45, 2.75) is 30.7 Å². The van der Waals surface area contributed by atoms with E-state index in [4.69, 9.17) is 0 Å². The van der Waals surface area contributed by atoms with Crippen LogP contribution in [0.15, 0.2) is 23.1 Å². The van der Waals surface area contributed by atoms with E-state index in [1.807, 2.05) is 6.92 Å². The van der Waals surface area contributed by atoms with Crippen molar-refractivity contribution in [2.24, 2.45) is 5.92 Å². The van der Waals surface area contributed by atoms with Gasteiger partial charge in [-0.1, -0.05) is 0 Å². The van der Waals surface area contributed by atoms with Crippen LogP contribution in [0.4, 0.5) is 5.69 Å². The van der Waals surface area contributed by atoms with Gasteiger partial charge in [-0.3, -0.25) is 4.79 Å². The summed E-state index contributed by atoms with van der Waals surface area (Å²) in [7, 11) is -3.38. The molecule has 1 aromatic carbocycles. The number of amides is 1. The number of nitrogens with one attached hydrogen (secondary N) is 2. The van der Waals surface area contributed by atoms with Crippen LogP contribution in [0.25, 0.3) is 0 Å². The Hall–Kier alpha value is -1.60. The van der Waals surface area contributed by atoms with Gasteiger partial charge in [0.15, 0.2) is 9.84 Å². The second kappa shape index (κ2) is 6.03. The molecule has 21 heavy (non-hydrogen) atoms. The number of aromatic hydroxyl groups is 1. The molecule has 0 radical (unpaired) electrons. The minimum Gasteiger partial charge on any atom is -0.506 e. The van der Waals surface area contributed by atoms with E-state index < -0.39 is 9.84 Å². The van der Waals surface area contributed by atoms with Gasteiger partial charge in [0.2, 0.25) is 5.91 Å². The van der Waals surface area contributed by atoms with Crippen LogP contribution in [0.1, 0.15) is 19.8 Å². The van der Waals surface area contributed by atoms with Crippen LogP contribution in [0.3, 0.4) is 0 Å². The molecule has 0 spiro atoms. The molecule has 6 nitrogen and oxygen atoms in total. The summed E-state index contributed by atoms with van der Waals surface area (Å²) in [6.07, 6.45) is 2.53. The maximum absolute atomic E-state index is 12.2. The fourth-order valence-corrected chi connectivity index (χ4v) is 3.10. The number of carbonyl (C=O) groups is 1. The van der Waals surface area contributed by atoms with Crippen molar-refractivity contribution < 1.29 is 18.3 Å². The Kier molecular flexibility index (Phi) is 4.53. The molecular formula is C14H20N2O4S. The van der Waals surface area contributed by atoms with Crippen molar-refractivity contribution in [3.63, 3.8) is 0 Å². The molecule has 3 N–H and O–H groups in total. The van der Waals surface area contributed by atoms with E-state index in [9.17, 15) is 18.3 Å². The lowest BCUT2D eigenvalue weighted by molar-refractivity contribution is -0.120. The predicted molar refractivity (Wildman–Crippen MR) is 80.0 cm³/mol. The van der Waals surface area contributed by atoms with Gasteiger partial charge in [0, 0.05) is 18.2 Å². The lowest BCUT2D eigenvalue weighted by Crippen LogP contribution is -2.40. The van der Waals surface area contributed by atoms with Gasteiger partial charge in [0.1, 0.15) is 5.75 Å². The summed E-state index contributed by atoms with van der Waals surface area (Å²) in [5.74, 6) is -0.468. The Morgan fingerprint density at radius 1 is 1.43 bits per heavy atom. The molecule has 7 heteroatoms. The molecule has 116 valence electrons. The molecule has 1 aliphatic heterocycles. The molecule has 1 saturated heterocycles. The summed E-state index contributed by atoms with van der Waals surface area (Å²) in [4.78, 5) is 12.3. The number of phenolic OH excluding ortho intramolecular Hbond substituents is 1. The minimum absolute atomic E-state index is 0.0641. The van der Waals surface area contributed by atoms with Crippen molar-refractivity contribution in [2.75, 3.05) is 18.1 Å². The third-order valence-electron chi connectivity index (χ3n) is 3.65. The maximum atomic E-state index is 12.2. The van der Waals surface area contributed by atoms with E-state index >= 15 is 0 Å². The summed E-state index contributed by atoms with van der Waals surface area (Å²) in [5.41, 5.74) is 0.133. The molecule has 0 aromatic heterocycles. The second-order valence-corrected chi connectivity index (χ2v) is 7.53. The number of benzene rings is 1. The fraction of sp³-hybridized carbons (Fsp3) is 0.500. The van der Waals surface area contributed by atoms with Crippen LogP contribution in [0, 0.1) is 5.92 Å². The summed E-state index contributed by atoms with van der Waals surface area (Å²) in [5, 5.41) is 15.7. The SMILES string of the molecule is CC1CC(C(=O)Nc2cc(S(C)(=O)=O)ccc2O)CCN1. The number of carbonyl (C=O) groups excluding carboxylic acids is 1. The normalized spacial score (nSPS) is 22.8. The van der Waals surface area contributed by atoms with E-state index in [2.05, 4.69) is 10.6 Å². The average Bonchev–Trinajstić information content (AvgIpc) is 2.40. The zero-order valence-corrected chi connectivity index (χ0v) is 12.9. The molecule has 0 saturated carbocycles. The highest BCUT2D eigenvalue weighted by molar-refractivity contribution is 7.90. The Bertz CT molecular complexity index is 642. The molecule has 1 amide bonds. The van der Waals surface area contributed by atoms with E-state index in [1.165, 1.54) is 18.2 Å². The van der Waals surface area contributed by atoms with Crippen LogP contribution in [0.2, 0.25) is 0 Å². The molecular weight excluding hydrogens is 292 g/mol. The average molecular weight is 312 g/mol. The molecule has 2 unspecified atom stereocenters. The molecule has 1 fully saturated rings. The highest BCUT2D eigenvalue weighted by Gasteiger charge is 2.25. The quantitative estimate of drug-likeness (QED) is 0.727. The Morgan fingerprint density at radius 2 is 2.14 bits per heavy atom. The summed E-state index contributed by atoms with van der Waals surface area (Å²) < 4.78 is 23.0. The van der Waals surface area contributed by atoms with Crippen molar-refractivity contribution >= 4 is 21.4 Å². The van der Waals surface area contributed by atoms with Crippen LogP contribution in [0.5, 0.6) is 5.75 Å². The Labute approximate surface area is 124 Å². The molecule has 0 bridgehead atoms. The van der Waals surface area contributed by atoms with Crippen LogP contribution in [-0.2, 0) is 14.6 Å². The third-order valence-corrected chi connectivity index (χ3v) is 4.76. The molecule has 0 aliphatic carbocycles. The van der Waals surface area contributed by atoms with Gasteiger partial charge >= 0.3 is 0 Å². The topological polar surface area (TPSA) is 95.5 Å². The minimum atomic E-state index is -3.38. The van der Waals surface area contributed by atoms with E-state index in [0.717, 1.165) is 25.6 Å². The first-order chi connectivity index (χ1) is 9.77. The first-order valence-corrected chi connectivity index (χ1v) is 8.74. The zero-order valence-electron chi connectivity index (χ0n) is 12.1. The van der Waals surface area contributed by atoms with E-state index in [0.29, 0.717) is 0 Å². The van der Waals surface area contributed by atoms with Gasteiger partial charge in [-0.2, -0.15) is 0 Å². The second-order valence-electron chi connectivity index (χ2n) is 5.52. The highest BCUT2D eigenvalue weighted by Crippen LogP contribution is 2.28. The van der Waals surface area contributed by atoms with E-state index in [1.54, 1.807) is 0 Å². The number of phenols is 1. The third kappa shape index (κ3) is 3.95. The van der Waals surface area contributed by atoms with Gasteiger partial charge in [-0.25, -0.2) is 8.42 Å². The van der Waals surface area contributed by atoms with Crippen molar-refractivity contribution in [1.82, 2.24) is 5.32 Å². The predicted octanol–water partition coefficient (Wildman–Crippen LogP) is 1.12. The van der Waals surface area contributed by atoms with E-state index in [-0.39, 0.29) is 34.2 Å². The van der Waals surface area contributed by atoms with Crippen molar-refractivity contribution in [3.8, 4) is 5.75 Å². The van der Waals surface area contributed by atoms with Crippen LogP contribution >= 0.6 is 0 Å². The number of hydrogen-bond acceptors (Lipinski definition) is 5. The molecule has 1 aromatic rings. The van der Waals surface area contributed by atoms with Gasteiger partial charge in [0.25, 0.3) is 0 Å². The van der Waals surface area contributed by atoms with Crippen molar-refractivity contribution in [3.05, 3.63) is 18.2 Å². The number of hydrogen-bond donors (Lipinski definition) is 3. The first kappa shape index (κ1) is 15.8. The first-order valence-electron chi connectivity index (χ1n) is 6.84. The molecule has 1 aliphatic rings. The smallest absolute Gasteiger partial charge is 0.227 e. The van der Waals surface area contributed by atoms with Crippen LogP contribution in [-0.4, -0.2) is 38.3 Å². The Morgan fingerprint density at radius 3 is 2.76 bits per heavy atom.